The number of nitrogens with zero attached hydrogens (tertiary/aromatic N) is 2. The maximum atomic E-state index is 13.0. The van der Waals surface area contributed by atoms with Gasteiger partial charge in [-0.15, -0.1) is 0 Å². The van der Waals surface area contributed by atoms with E-state index in [1.165, 1.54) is 6.07 Å². The molecular weight excluding hydrogens is 530 g/mol. The fourth-order valence-electron chi connectivity index (χ4n) is 4.44. The molecule has 0 bridgehead atoms. The topological polar surface area (TPSA) is 109 Å². The van der Waals surface area contributed by atoms with Crippen molar-refractivity contribution in [2.75, 3.05) is 32.2 Å². The molecule has 1 atom stereocenters. The summed E-state index contributed by atoms with van der Waals surface area (Å²) in [6, 6.07) is 18.5. The molecule has 0 aliphatic carbocycles. The number of aryl methyl sites for hydroxylation is 1. The minimum absolute atomic E-state index is 0.0118. The third-order valence-corrected chi connectivity index (χ3v) is 7.94. The first-order valence-electron chi connectivity index (χ1n) is 13.4. The molecule has 3 heterocycles. The number of anilines is 1. The number of pyridine rings is 2. The van der Waals surface area contributed by atoms with Crippen LogP contribution in [0.3, 0.4) is 0 Å². The van der Waals surface area contributed by atoms with Crippen LogP contribution in [0.5, 0.6) is 11.5 Å². The van der Waals surface area contributed by atoms with Gasteiger partial charge in [0.05, 0.1) is 31.0 Å². The first-order chi connectivity index (χ1) is 19.4. The maximum Gasteiger partial charge on any atom is 0.300 e. The van der Waals surface area contributed by atoms with E-state index < -0.39 is 16.4 Å². The molecule has 9 nitrogen and oxygen atoms in total. The van der Waals surface area contributed by atoms with Gasteiger partial charge in [-0.2, -0.15) is 8.42 Å². The Bertz CT molecular complexity index is 1550. The van der Waals surface area contributed by atoms with Crippen molar-refractivity contribution in [1.29, 1.82) is 0 Å². The Morgan fingerprint density at radius 3 is 2.73 bits per heavy atom. The number of rotatable bonds is 11. The number of nitrogens with one attached hydrogen (secondary N) is 1. The summed E-state index contributed by atoms with van der Waals surface area (Å²) in [6.45, 7) is 2.69. The highest BCUT2D eigenvalue weighted by Crippen LogP contribution is 2.32. The van der Waals surface area contributed by atoms with Crippen LogP contribution in [0.4, 0.5) is 5.82 Å². The Kier molecular flexibility index (Phi) is 8.78. The van der Waals surface area contributed by atoms with Gasteiger partial charge in [-0.05, 0) is 67.8 Å². The monoisotopic (exact) mass is 563 g/mol. The highest BCUT2D eigenvalue weighted by Gasteiger charge is 2.25. The van der Waals surface area contributed by atoms with Crippen LogP contribution in [0.1, 0.15) is 31.2 Å². The van der Waals surface area contributed by atoms with Crippen molar-refractivity contribution in [2.45, 2.75) is 43.8 Å². The van der Waals surface area contributed by atoms with E-state index in [0.717, 1.165) is 47.2 Å². The van der Waals surface area contributed by atoms with Gasteiger partial charge in [0.25, 0.3) is 0 Å². The summed E-state index contributed by atoms with van der Waals surface area (Å²) in [6.07, 6.45) is 4.40. The summed E-state index contributed by atoms with van der Waals surface area (Å²) in [5, 5.41) is 3.95. The van der Waals surface area contributed by atoms with Crippen LogP contribution < -0.4 is 14.8 Å². The van der Waals surface area contributed by atoms with Gasteiger partial charge in [-0.25, -0.2) is 9.97 Å². The highest BCUT2D eigenvalue weighted by atomic mass is 32.2. The van der Waals surface area contributed by atoms with Crippen molar-refractivity contribution < 1.29 is 26.8 Å². The number of para-hydroxylation sites is 1. The van der Waals surface area contributed by atoms with Gasteiger partial charge >= 0.3 is 10.1 Å². The number of hydrogen-bond donors (Lipinski definition) is 1. The lowest BCUT2D eigenvalue weighted by Crippen LogP contribution is -2.26. The van der Waals surface area contributed by atoms with Crippen molar-refractivity contribution in [3.63, 3.8) is 0 Å². The molecule has 4 aromatic rings. The molecule has 1 N–H and O–H groups in total. The molecule has 1 saturated heterocycles. The first-order valence-corrected chi connectivity index (χ1v) is 14.8. The molecule has 40 heavy (non-hydrogen) atoms. The van der Waals surface area contributed by atoms with E-state index in [1.54, 1.807) is 12.3 Å². The molecule has 210 valence electrons. The van der Waals surface area contributed by atoms with Crippen molar-refractivity contribution in [2.24, 2.45) is 0 Å². The normalized spacial score (nSPS) is 15.6. The van der Waals surface area contributed by atoms with Crippen molar-refractivity contribution in [1.82, 2.24) is 9.97 Å². The predicted molar refractivity (Wildman–Crippen MR) is 153 cm³/mol. The van der Waals surface area contributed by atoms with Gasteiger partial charge in [0, 0.05) is 37.0 Å². The molecule has 1 unspecified atom stereocenters. The van der Waals surface area contributed by atoms with Crippen molar-refractivity contribution >= 4 is 26.8 Å². The van der Waals surface area contributed by atoms with Gasteiger partial charge in [-0.3, -0.25) is 4.18 Å². The number of ether oxygens (including phenoxy) is 3. The molecule has 10 heteroatoms. The van der Waals surface area contributed by atoms with Crippen molar-refractivity contribution in [3.8, 4) is 22.8 Å². The Morgan fingerprint density at radius 2 is 1.95 bits per heavy atom. The molecule has 0 amide bonds. The standard InChI is InChI=1S/C30H33N3O6S/c1-21-7-5-8-27(30(21)39-29-9-3-4-16-37-29)40(34,35)38-18-6-17-36-24-12-14-25-22(19-24)10-13-26(33-25)23-11-15-28(31-2)32-20-23/h5,7-8,10-15,19-20,29H,3-4,6,9,16-18H2,1-2H3,(H,31,32). The largest absolute Gasteiger partial charge is 0.493 e. The Balaban J connectivity index is 1.15. The number of aromatic nitrogens is 2. The highest BCUT2D eigenvalue weighted by molar-refractivity contribution is 7.86. The molecular formula is C30H33N3O6S. The summed E-state index contributed by atoms with van der Waals surface area (Å²) in [5.41, 5.74) is 3.32. The molecule has 2 aromatic carbocycles. The van der Waals surface area contributed by atoms with Crippen LogP contribution in [0.15, 0.2) is 71.8 Å². The Hall–Kier alpha value is -3.73. The number of hydrogen-bond acceptors (Lipinski definition) is 9. The van der Waals surface area contributed by atoms with Crippen LogP contribution in [-0.4, -0.2) is 51.5 Å². The van der Waals surface area contributed by atoms with Crippen LogP contribution in [-0.2, 0) is 19.0 Å². The summed E-state index contributed by atoms with van der Waals surface area (Å²) in [5.74, 6) is 1.75. The zero-order valence-corrected chi connectivity index (χ0v) is 23.4. The molecule has 5 rings (SSSR count). The molecule has 0 radical (unpaired) electrons. The summed E-state index contributed by atoms with van der Waals surface area (Å²) < 4.78 is 48.8. The molecule has 2 aromatic heterocycles. The lowest BCUT2D eigenvalue weighted by atomic mass is 10.1. The minimum atomic E-state index is -4.02. The minimum Gasteiger partial charge on any atom is -0.493 e. The fraction of sp³-hybridized carbons (Fsp3) is 0.333. The molecule has 1 aliphatic heterocycles. The predicted octanol–water partition coefficient (Wildman–Crippen LogP) is 5.73. The fourth-order valence-corrected chi connectivity index (χ4v) is 5.58. The first kappa shape index (κ1) is 27.8. The van der Waals surface area contributed by atoms with E-state index in [9.17, 15) is 8.42 Å². The van der Waals surface area contributed by atoms with Gasteiger partial charge in [0.1, 0.15) is 22.2 Å². The molecule has 1 fully saturated rings. The van der Waals surface area contributed by atoms with E-state index in [4.69, 9.17) is 23.4 Å². The zero-order chi connectivity index (χ0) is 28.0. The molecule has 0 saturated carbocycles. The van der Waals surface area contributed by atoms with Gasteiger partial charge in [0.15, 0.2) is 6.29 Å². The van der Waals surface area contributed by atoms with Gasteiger partial charge in [0.2, 0.25) is 0 Å². The average Bonchev–Trinajstić information content (AvgIpc) is 2.98. The summed E-state index contributed by atoms with van der Waals surface area (Å²) in [7, 11) is -2.19. The van der Waals surface area contributed by atoms with E-state index in [2.05, 4.69) is 10.3 Å². The van der Waals surface area contributed by atoms with E-state index in [0.29, 0.717) is 30.9 Å². The second kappa shape index (κ2) is 12.6. The SMILES string of the molecule is CNc1ccc(-c2ccc3cc(OCCCOS(=O)(=O)c4cccc(C)c4OC4CCCCO4)ccc3n2)cn1. The maximum absolute atomic E-state index is 13.0. The van der Waals surface area contributed by atoms with Gasteiger partial charge in [-0.1, -0.05) is 18.2 Å². The third kappa shape index (κ3) is 6.70. The average molecular weight is 564 g/mol. The van der Waals surface area contributed by atoms with Gasteiger partial charge < -0.3 is 19.5 Å². The lowest BCUT2D eigenvalue weighted by molar-refractivity contribution is -0.107. The van der Waals surface area contributed by atoms with Crippen LogP contribution in [0, 0.1) is 6.92 Å². The van der Waals surface area contributed by atoms with Crippen LogP contribution in [0.2, 0.25) is 0 Å². The lowest BCUT2D eigenvalue weighted by Gasteiger charge is -2.25. The Morgan fingerprint density at radius 1 is 1.05 bits per heavy atom. The second-order valence-electron chi connectivity index (χ2n) is 9.53. The second-order valence-corrected chi connectivity index (χ2v) is 11.1. The quantitative estimate of drug-likeness (QED) is 0.181. The van der Waals surface area contributed by atoms with E-state index >= 15 is 0 Å². The summed E-state index contributed by atoms with van der Waals surface area (Å²) in [4.78, 5) is 9.10. The Labute approximate surface area is 234 Å². The van der Waals surface area contributed by atoms with Crippen LogP contribution >= 0.6 is 0 Å². The molecule has 0 spiro atoms. The van der Waals surface area contributed by atoms with E-state index in [1.807, 2.05) is 62.5 Å². The smallest absolute Gasteiger partial charge is 0.300 e. The number of benzene rings is 2. The zero-order valence-electron chi connectivity index (χ0n) is 22.6. The third-order valence-electron chi connectivity index (χ3n) is 6.60. The van der Waals surface area contributed by atoms with Crippen molar-refractivity contribution in [3.05, 3.63) is 72.4 Å². The molecule has 1 aliphatic rings. The summed E-state index contributed by atoms with van der Waals surface area (Å²) >= 11 is 0. The van der Waals surface area contributed by atoms with Crippen LogP contribution in [0.25, 0.3) is 22.2 Å². The van der Waals surface area contributed by atoms with E-state index in [-0.39, 0.29) is 17.3 Å². The number of fused-ring (bicyclic) bond motifs is 1.